The molecular weight excluding hydrogens is 490 g/mol. The standard InChI is InChI=1S/C26H35F4N5O2/c1-33(2)25(18-5-4-6-19(27)13-18)11-9-24(10-12-25)15-35(23(36)32-24)20-14-34(3)21(17-7-8-17)31-22(20)37-16-26(28,29)30/h4-6,13,17,23,32,36H,7-12,14-16H2,1-3H3/t23?,24-,25+. The first-order valence-electron chi connectivity index (χ1n) is 12.8. The van der Waals surface area contributed by atoms with E-state index in [0.29, 0.717) is 31.6 Å². The molecule has 2 aliphatic carbocycles. The lowest BCUT2D eigenvalue weighted by atomic mass is 9.69. The van der Waals surface area contributed by atoms with E-state index in [1.54, 1.807) is 17.0 Å². The van der Waals surface area contributed by atoms with Gasteiger partial charge in [-0.3, -0.25) is 10.2 Å². The van der Waals surface area contributed by atoms with Gasteiger partial charge < -0.3 is 19.6 Å². The first kappa shape index (κ1) is 26.2. The number of halogens is 4. The highest BCUT2D eigenvalue weighted by Gasteiger charge is 2.51. The Labute approximate surface area is 214 Å². The number of aliphatic hydroxyl groups is 1. The van der Waals surface area contributed by atoms with Crippen molar-refractivity contribution in [3.05, 3.63) is 47.2 Å². The number of hydrogen-bond donors (Lipinski definition) is 2. The van der Waals surface area contributed by atoms with Gasteiger partial charge in [0.2, 0.25) is 5.88 Å². The van der Waals surface area contributed by atoms with Gasteiger partial charge >= 0.3 is 6.18 Å². The summed E-state index contributed by atoms with van der Waals surface area (Å²) in [6, 6.07) is 6.70. The molecule has 4 aliphatic rings. The Balaban J connectivity index is 1.39. The molecule has 1 atom stereocenters. The van der Waals surface area contributed by atoms with E-state index in [0.717, 1.165) is 37.1 Å². The van der Waals surface area contributed by atoms with Crippen LogP contribution in [0, 0.1) is 11.7 Å². The minimum Gasteiger partial charge on any atom is -0.467 e. The van der Waals surface area contributed by atoms with Crippen LogP contribution in [0.2, 0.25) is 0 Å². The van der Waals surface area contributed by atoms with Gasteiger partial charge in [0.1, 0.15) is 11.7 Å². The molecule has 2 N–H and O–H groups in total. The summed E-state index contributed by atoms with van der Waals surface area (Å²) in [6.45, 7) is -0.710. The topological polar surface area (TPSA) is 63.6 Å². The predicted molar refractivity (Wildman–Crippen MR) is 131 cm³/mol. The molecule has 0 amide bonds. The quantitative estimate of drug-likeness (QED) is 0.554. The summed E-state index contributed by atoms with van der Waals surface area (Å²) in [5, 5.41) is 14.4. The molecule has 1 aromatic carbocycles. The van der Waals surface area contributed by atoms with Crippen molar-refractivity contribution in [3.63, 3.8) is 0 Å². The third-order valence-electron chi connectivity index (χ3n) is 8.36. The molecule has 204 valence electrons. The molecule has 11 heteroatoms. The van der Waals surface area contributed by atoms with Gasteiger partial charge in [-0.25, -0.2) is 4.39 Å². The molecule has 1 saturated heterocycles. The van der Waals surface area contributed by atoms with E-state index in [-0.39, 0.29) is 23.2 Å². The molecule has 2 saturated carbocycles. The van der Waals surface area contributed by atoms with Crippen LogP contribution in [0.5, 0.6) is 0 Å². The van der Waals surface area contributed by atoms with Crippen LogP contribution >= 0.6 is 0 Å². The molecule has 0 radical (unpaired) electrons. The Kier molecular flexibility index (Phi) is 6.69. The highest BCUT2D eigenvalue weighted by molar-refractivity contribution is 5.88. The van der Waals surface area contributed by atoms with E-state index >= 15 is 0 Å². The van der Waals surface area contributed by atoms with Crippen molar-refractivity contribution in [1.82, 2.24) is 20.0 Å². The van der Waals surface area contributed by atoms with E-state index < -0.39 is 24.7 Å². The summed E-state index contributed by atoms with van der Waals surface area (Å²) in [6.07, 6.45) is -0.778. The maximum absolute atomic E-state index is 14.1. The summed E-state index contributed by atoms with van der Waals surface area (Å²) >= 11 is 0. The Bertz CT molecular complexity index is 1080. The van der Waals surface area contributed by atoms with Crippen LogP contribution in [0.25, 0.3) is 0 Å². The molecule has 0 aromatic heterocycles. The zero-order valence-corrected chi connectivity index (χ0v) is 21.5. The summed E-state index contributed by atoms with van der Waals surface area (Å²) < 4.78 is 58.3. The van der Waals surface area contributed by atoms with Crippen molar-refractivity contribution in [2.24, 2.45) is 10.9 Å². The molecule has 5 rings (SSSR count). The zero-order chi connectivity index (χ0) is 26.6. The number of ether oxygens (including phenoxy) is 1. The number of aliphatic imine (C=N–C) groups is 1. The third-order valence-corrected chi connectivity index (χ3v) is 8.36. The van der Waals surface area contributed by atoms with Gasteiger partial charge in [-0.1, -0.05) is 12.1 Å². The van der Waals surface area contributed by atoms with Gasteiger partial charge in [-0.2, -0.15) is 18.2 Å². The van der Waals surface area contributed by atoms with Crippen LogP contribution in [0.1, 0.15) is 44.1 Å². The number of aliphatic hydroxyl groups excluding tert-OH is 1. The molecule has 2 heterocycles. The fraction of sp³-hybridized carbons (Fsp3) is 0.654. The molecule has 1 aromatic rings. The van der Waals surface area contributed by atoms with Crippen LogP contribution in [-0.4, -0.2) is 84.5 Å². The van der Waals surface area contributed by atoms with Crippen molar-refractivity contribution >= 4 is 5.84 Å². The van der Waals surface area contributed by atoms with Crippen molar-refractivity contribution in [2.45, 2.75) is 62.1 Å². The number of alkyl halides is 3. The summed E-state index contributed by atoms with van der Waals surface area (Å²) in [5.74, 6) is 0.643. The normalized spacial score (nSPS) is 30.9. The minimum atomic E-state index is -4.49. The molecule has 1 unspecified atom stereocenters. The van der Waals surface area contributed by atoms with Crippen molar-refractivity contribution < 1.29 is 27.4 Å². The number of amidine groups is 1. The van der Waals surface area contributed by atoms with E-state index in [1.165, 1.54) is 6.07 Å². The summed E-state index contributed by atoms with van der Waals surface area (Å²) in [4.78, 5) is 10.3. The van der Waals surface area contributed by atoms with Crippen LogP contribution < -0.4 is 5.32 Å². The maximum Gasteiger partial charge on any atom is 0.422 e. The Morgan fingerprint density at radius 1 is 1.19 bits per heavy atom. The van der Waals surface area contributed by atoms with Gasteiger partial charge in [0.15, 0.2) is 13.0 Å². The van der Waals surface area contributed by atoms with Gasteiger partial charge in [-0.05, 0) is 70.3 Å². The van der Waals surface area contributed by atoms with Crippen LogP contribution in [0.4, 0.5) is 17.6 Å². The summed E-state index contributed by atoms with van der Waals surface area (Å²) in [7, 11) is 5.86. The van der Waals surface area contributed by atoms with Gasteiger partial charge in [0, 0.05) is 30.6 Å². The SMILES string of the molecule is CN1CC(N2C[C@]3(CC[C@](c4cccc(F)c4)(N(C)C)CC3)NC2O)=C(OCC(F)(F)F)N=C1C1CC1. The van der Waals surface area contributed by atoms with E-state index in [1.807, 2.05) is 32.1 Å². The first-order chi connectivity index (χ1) is 17.4. The zero-order valence-electron chi connectivity index (χ0n) is 21.5. The predicted octanol–water partition coefficient (Wildman–Crippen LogP) is 3.58. The van der Waals surface area contributed by atoms with E-state index in [2.05, 4.69) is 15.2 Å². The van der Waals surface area contributed by atoms with Crippen LogP contribution in [0.3, 0.4) is 0 Å². The Morgan fingerprint density at radius 2 is 1.89 bits per heavy atom. The number of nitrogens with zero attached hydrogens (tertiary/aromatic N) is 4. The average Bonchev–Trinajstić information content (AvgIpc) is 3.62. The van der Waals surface area contributed by atoms with E-state index in [9.17, 15) is 22.7 Å². The Morgan fingerprint density at radius 3 is 2.49 bits per heavy atom. The number of hydrogen-bond acceptors (Lipinski definition) is 7. The molecular formula is C26H35F4N5O2. The number of nitrogens with one attached hydrogen (secondary N) is 1. The van der Waals surface area contributed by atoms with E-state index in [4.69, 9.17) is 4.74 Å². The number of rotatable bonds is 6. The van der Waals surface area contributed by atoms with Crippen LogP contribution in [0.15, 0.2) is 40.8 Å². The number of likely N-dealkylation sites (N-methyl/N-ethyl adjacent to an activating group) is 1. The van der Waals surface area contributed by atoms with Gasteiger partial charge in [0.05, 0.1) is 12.2 Å². The molecule has 3 fully saturated rings. The average molecular weight is 526 g/mol. The second-order valence-corrected chi connectivity index (χ2v) is 11.1. The smallest absolute Gasteiger partial charge is 0.422 e. The monoisotopic (exact) mass is 525 g/mol. The highest BCUT2D eigenvalue weighted by Crippen LogP contribution is 2.47. The minimum absolute atomic E-state index is 0.0616. The fourth-order valence-electron chi connectivity index (χ4n) is 6.12. The maximum atomic E-state index is 14.1. The molecule has 37 heavy (non-hydrogen) atoms. The summed E-state index contributed by atoms with van der Waals surface area (Å²) in [5.41, 5.74) is 0.585. The third kappa shape index (κ3) is 5.18. The fourth-order valence-corrected chi connectivity index (χ4v) is 6.12. The first-order valence-corrected chi connectivity index (χ1v) is 12.8. The lowest BCUT2D eigenvalue weighted by Gasteiger charge is -2.49. The van der Waals surface area contributed by atoms with Crippen molar-refractivity contribution in [1.29, 1.82) is 0 Å². The largest absolute Gasteiger partial charge is 0.467 e. The second kappa shape index (κ2) is 9.43. The number of benzene rings is 1. The molecule has 2 aliphatic heterocycles. The van der Waals surface area contributed by atoms with Crippen molar-refractivity contribution in [3.8, 4) is 0 Å². The highest BCUT2D eigenvalue weighted by atomic mass is 19.4. The Hall–Kier alpha value is -2.37. The van der Waals surface area contributed by atoms with Crippen LogP contribution in [-0.2, 0) is 10.3 Å². The van der Waals surface area contributed by atoms with Gasteiger partial charge in [0.25, 0.3) is 0 Å². The molecule has 1 spiro atoms. The van der Waals surface area contributed by atoms with Crippen molar-refractivity contribution in [2.75, 3.05) is 40.8 Å². The molecule has 0 bridgehead atoms. The lowest BCUT2D eigenvalue weighted by molar-refractivity contribution is -0.165. The second-order valence-electron chi connectivity index (χ2n) is 11.1. The lowest BCUT2D eigenvalue weighted by Crippen LogP contribution is -2.54. The van der Waals surface area contributed by atoms with Gasteiger partial charge in [-0.15, -0.1) is 0 Å². The molecule has 7 nitrogen and oxygen atoms in total.